The minimum atomic E-state index is -4.44. The van der Waals surface area contributed by atoms with Gasteiger partial charge in [-0.25, -0.2) is 4.98 Å². The lowest BCUT2D eigenvalue weighted by atomic mass is 10.0. The van der Waals surface area contributed by atoms with E-state index in [0.717, 1.165) is 17.3 Å². The summed E-state index contributed by atoms with van der Waals surface area (Å²) in [7, 11) is 0. The van der Waals surface area contributed by atoms with Crippen molar-refractivity contribution < 1.29 is 13.2 Å². The molecule has 9 heteroatoms. The average molecular weight is 455 g/mol. The molecule has 3 heterocycles. The average Bonchev–Trinajstić information content (AvgIpc) is 3.19. The summed E-state index contributed by atoms with van der Waals surface area (Å²) in [6, 6.07) is 7.93. The zero-order valence-corrected chi connectivity index (χ0v) is 18.2. The Morgan fingerprint density at radius 3 is 2.37 bits per heavy atom. The van der Waals surface area contributed by atoms with Gasteiger partial charge in [0.2, 0.25) is 0 Å². The second-order valence-corrected chi connectivity index (χ2v) is 8.91. The Morgan fingerprint density at radius 1 is 1.10 bits per heavy atom. The minimum absolute atomic E-state index is 0.0908. The number of aromatic nitrogens is 1. The lowest BCUT2D eigenvalue weighted by Gasteiger charge is -2.27. The number of anilines is 2. The van der Waals surface area contributed by atoms with E-state index in [0.29, 0.717) is 37.1 Å². The van der Waals surface area contributed by atoms with Crippen molar-refractivity contribution in [2.75, 3.05) is 36.4 Å². The fraction of sp³-hybridized carbons (Fsp3) is 0.429. The molecular formula is C21H22ClF3N4S. The summed E-state index contributed by atoms with van der Waals surface area (Å²) in [5.41, 5.74) is 1.54. The number of nitrogens with zero attached hydrogens (tertiary/aromatic N) is 3. The molecule has 0 aliphatic carbocycles. The fourth-order valence-electron chi connectivity index (χ4n) is 4.46. The third kappa shape index (κ3) is 4.34. The van der Waals surface area contributed by atoms with Crippen LogP contribution in [0.3, 0.4) is 0 Å². The number of halogens is 4. The van der Waals surface area contributed by atoms with Gasteiger partial charge in [-0.15, -0.1) is 0 Å². The standard InChI is InChI=1S/C21H22ClF3N4S/c1-12-5-13(2)26-19(6-12)27-20(30)29-10-14-8-28(9-15(14)11-29)18-4-3-16(22)7-17(18)21(23,24)25/h3-7,14-15H,8-11H2,1-2H3,(H,26,27,30). The summed E-state index contributed by atoms with van der Waals surface area (Å²) in [6.45, 7) is 6.50. The van der Waals surface area contributed by atoms with E-state index < -0.39 is 11.7 Å². The van der Waals surface area contributed by atoms with Crippen molar-refractivity contribution in [3.05, 3.63) is 52.2 Å². The van der Waals surface area contributed by atoms with E-state index in [1.165, 1.54) is 12.1 Å². The van der Waals surface area contributed by atoms with Gasteiger partial charge in [0.15, 0.2) is 5.11 Å². The van der Waals surface area contributed by atoms with Gasteiger partial charge in [0.05, 0.1) is 5.56 Å². The summed E-state index contributed by atoms with van der Waals surface area (Å²) in [6.07, 6.45) is -4.44. The maximum atomic E-state index is 13.5. The summed E-state index contributed by atoms with van der Waals surface area (Å²) in [4.78, 5) is 8.38. The second-order valence-electron chi connectivity index (χ2n) is 8.09. The lowest BCUT2D eigenvalue weighted by molar-refractivity contribution is -0.137. The van der Waals surface area contributed by atoms with Crippen LogP contribution in [0.4, 0.5) is 24.7 Å². The molecule has 0 amide bonds. The second kappa shape index (κ2) is 7.89. The van der Waals surface area contributed by atoms with E-state index in [4.69, 9.17) is 23.8 Å². The van der Waals surface area contributed by atoms with Gasteiger partial charge in [0.1, 0.15) is 5.82 Å². The number of aryl methyl sites for hydroxylation is 2. The molecule has 1 aromatic heterocycles. The predicted octanol–water partition coefficient (Wildman–Crippen LogP) is 5.14. The zero-order chi connectivity index (χ0) is 21.6. The molecule has 1 N–H and O–H groups in total. The maximum absolute atomic E-state index is 13.5. The molecule has 0 spiro atoms. The first kappa shape index (κ1) is 21.2. The predicted molar refractivity (Wildman–Crippen MR) is 117 cm³/mol. The van der Waals surface area contributed by atoms with E-state index in [1.54, 1.807) is 0 Å². The van der Waals surface area contributed by atoms with Crippen molar-refractivity contribution in [3.63, 3.8) is 0 Å². The van der Waals surface area contributed by atoms with E-state index in [-0.39, 0.29) is 22.5 Å². The summed E-state index contributed by atoms with van der Waals surface area (Å²) >= 11 is 11.4. The molecule has 2 unspecified atom stereocenters. The molecule has 0 radical (unpaired) electrons. The molecule has 0 bridgehead atoms. The van der Waals surface area contributed by atoms with Gasteiger partial charge < -0.3 is 15.1 Å². The molecular weight excluding hydrogens is 433 g/mol. The third-order valence-corrected chi connectivity index (χ3v) is 6.31. The number of fused-ring (bicyclic) bond motifs is 1. The maximum Gasteiger partial charge on any atom is 0.418 e. The quantitative estimate of drug-likeness (QED) is 0.635. The Labute approximate surface area is 184 Å². The smallest absolute Gasteiger partial charge is 0.370 e. The van der Waals surface area contributed by atoms with E-state index >= 15 is 0 Å². The first-order valence-electron chi connectivity index (χ1n) is 9.73. The molecule has 4 nitrogen and oxygen atoms in total. The van der Waals surface area contributed by atoms with Crippen molar-refractivity contribution in [2.24, 2.45) is 11.8 Å². The van der Waals surface area contributed by atoms with Gasteiger partial charge in [-0.05, 0) is 62.0 Å². The Hall–Kier alpha value is -2.06. The lowest BCUT2D eigenvalue weighted by Crippen LogP contribution is -2.36. The molecule has 2 aliphatic rings. The molecule has 160 valence electrons. The molecule has 30 heavy (non-hydrogen) atoms. The summed E-state index contributed by atoms with van der Waals surface area (Å²) in [5.74, 6) is 1.23. The number of likely N-dealkylation sites (tertiary alicyclic amines) is 1. The largest absolute Gasteiger partial charge is 0.418 e. The van der Waals surface area contributed by atoms with Crippen LogP contribution in [-0.2, 0) is 6.18 Å². The van der Waals surface area contributed by atoms with Gasteiger partial charge in [0, 0.05) is 54.4 Å². The monoisotopic (exact) mass is 454 g/mol. The van der Waals surface area contributed by atoms with Crippen molar-refractivity contribution in [3.8, 4) is 0 Å². The Bertz CT molecular complexity index is 947. The van der Waals surface area contributed by atoms with Crippen LogP contribution in [0.5, 0.6) is 0 Å². The van der Waals surface area contributed by atoms with Crippen LogP contribution < -0.4 is 10.2 Å². The Morgan fingerprint density at radius 2 is 1.77 bits per heavy atom. The van der Waals surface area contributed by atoms with Gasteiger partial charge in [-0.3, -0.25) is 0 Å². The SMILES string of the molecule is Cc1cc(C)nc(NC(=S)N2CC3CN(c4ccc(Cl)cc4C(F)(F)F)CC3C2)c1. The van der Waals surface area contributed by atoms with Crippen LogP contribution in [0, 0.1) is 25.7 Å². The number of benzene rings is 1. The first-order chi connectivity index (χ1) is 14.1. The van der Waals surface area contributed by atoms with Crippen LogP contribution >= 0.6 is 23.8 Å². The number of hydrogen-bond acceptors (Lipinski definition) is 3. The highest BCUT2D eigenvalue weighted by Crippen LogP contribution is 2.42. The number of alkyl halides is 3. The molecule has 2 aromatic rings. The normalized spacial score (nSPS) is 21.1. The van der Waals surface area contributed by atoms with Gasteiger partial charge in [0.25, 0.3) is 0 Å². The molecule has 4 rings (SSSR count). The highest BCUT2D eigenvalue weighted by Gasteiger charge is 2.43. The van der Waals surface area contributed by atoms with Crippen LogP contribution in [0.25, 0.3) is 0 Å². The van der Waals surface area contributed by atoms with Crippen molar-refractivity contribution in [1.29, 1.82) is 0 Å². The Balaban J connectivity index is 1.43. The summed E-state index contributed by atoms with van der Waals surface area (Å²) in [5, 5.41) is 3.90. The van der Waals surface area contributed by atoms with E-state index in [2.05, 4.69) is 15.2 Å². The van der Waals surface area contributed by atoms with Gasteiger partial charge in [-0.2, -0.15) is 13.2 Å². The third-order valence-electron chi connectivity index (χ3n) is 5.71. The number of hydrogen-bond donors (Lipinski definition) is 1. The van der Waals surface area contributed by atoms with Gasteiger partial charge in [-0.1, -0.05) is 11.6 Å². The highest BCUT2D eigenvalue weighted by molar-refractivity contribution is 7.80. The Kier molecular flexibility index (Phi) is 5.57. The number of pyridine rings is 1. The van der Waals surface area contributed by atoms with Crippen molar-refractivity contribution in [2.45, 2.75) is 20.0 Å². The molecule has 1 aromatic carbocycles. The van der Waals surface area contributed by atoms with Crippen LogP contribution in [0.15, 0.2) is 30.3 Å². The first-order valence-corrected chi connectivity index (χ1v) is 10.5. The van der Waals surface area contributed by atoms with Gasteiger partial charge >= 0.3 is 6.18 Å². The molecule has 2 aliphatic heterocycles. The van der Waals surface area contributed by atoms with Crippen molar-refractivity contribution >= 4 is 40.4 Å². The van der Waals surface area contributed by atoms with Crippen LogP contribution in [0.1, 0.15) is 16.8 Å². The number of nitrogens with one attached hydrogen (secondary N) is 1. The highest BCUT2D eigenvalue weighted by atomic mass is 35.5. The molecule has 2 fully saturated rings. The molecule has 2 saturated heterocycles. The van der Waals surface area contributed by atoms with E-state index in [1.807, 2.05) is 30.9 Å². The van der Waals surface area contributed by atoms with Crippen molar-refractivity contribution in [1.82, 2.24) is 9.88 Å². The van der Waals surface area contributed by atoms with E-state index in [9.17, 15) is 13.2 Å². The van der Waals surface area contributed by atoms with Crippen LogP contribution in [0.2, 0.25) is 5.02 Å². The number of rotatable bonds is 2. The minimum Gasteiger partial charge on any atom is -0.370 e. The van der Waals surface area contributed by atoms with Crippen LogP contribution in [-0.4, -0.2) is 41.2 Å². The topological polar surface area (TPSA) is 31.4 Å². The zero-order valence-electron chi connectivity index (χ0n) is 16.6. The molecule has 2 atom stereocenters. The number of thiocarbonyl (C=S) groups is 1. The molecule has 0 saturated carbocycles. The fourth-order valence-corrected chi connectivity index (χ4v) is 4.89. The summed E-state index contributed by atoms with van der Waals surface area (Å²) < 4.78 is 40.4.